The van der Waals surface area contributed by atoms with Crippen molar-refractivity contribution in [3.63, 3.8) is 0 Å². The molecule has 0 aliphatic carbocycles. The summed E-state index contributed by atoms with van der Waals surface area (Å²) < 4.78 is 7.37. The maximum absolute atomic E-state index is 6.03. The smallest absolute Gasteiger partial charge is 0.245 e. The maximum atomic E-state index is 6.03. The molecule has 1 unspecified atom stereocenters. The number of ether oxygens (including phenoxy) is 1. The zero-order valence-corrected chi connectivity index (χ0v) is 12.5. The molecule has 0 saturated carbocycles. The molecule has 5 nitrogen and oxygen atoms in total. The van der Waals surface area contributed by atoms with Gasteiger partial charge in [-0.3, -0.25) is 0 Å². The molecule has 0 aliphatic heterocycles. The average molecular weight is 283 g/mol. The third-order valence-corrected chi connectivity index (χ3v) is 3.59. The molecule has 104 valence electrons. The molecule has 0 N–H and O–H groups in total. The van der Waals surface area contributed by atoms with E-state index in [9.17, 15) is 0 Å². The fraction of sp³-hybridized carbons (Fsp3) is 0.615. The van der Waals surface area contributed by atoms with E-state index in [1.807, 2.05) is 0 Å². The van der Waals surface area contributed by atoms with Crippen LogP contribution in [0.5, 0.6) is 5.88 Å². The van der Waals surface area contributed by atoms with Crippen molar-refractivity contribution < 1.29 is 4.74 Å². The summed E-state index contributed by atoms with van der Waals surface area (Å²) in [5.74, 6) is 2.14. The van der Waals surface area contributed by atoms with Gasteiger partial charge < -0.3 is 9.30 Å². The Morgan fingerprint density at radius 2 is 2.11 bits per heavy atom. The summed E-state index contributed by atoms with van der Waals surface area (Å²) in [7, 11) is 1.58. The summed E-state index contributed by atoms with van der Waals surface area (Å²) in [5.41, 5.74) is 1.47. The normalized spacial score (nSPS) is 13.2. The van der Waals surface area contributed by atoms with Crippen molar-refractivity contribution in [1.29, 1.82) is 0 Å². The number of alkyl halides is 1. The highest BCUT2D eigenvalue weighted by atomic mass is 35.5. The van der Waals surface area contributed by atoms with Crippen molar-refractivity contribution in [1.82, 2.24) is 19.5 Å². The molecule has 0 radical (unpaired) electrons. The fourth-order valence-corrected chi connectivity index (χ4v) is 2.67. The molecule has 0 aliphatic rings. The van der Waals surface area contributed by atoms with E-state index in [1.165, 1.54) is 6.33 Å². The van der Waals surface area contributed by atoms with Crippen LogP contribution in [0.25, 0.3) is 11.2 Å². The molecule has 0 spiro atoms. The van der Waals surface area contributed by atoms with Gasteiger partial charge in [-0.15, -0.1) is 11.6 Å². The van der Waals surface area contributed by atoms with Crippen LogP contribution in [0.2, 0.25) is 0 Å². The van der Waals surface area contributed by atoms with Gasteiger partial charge >= 0.3 is 0 Å². The van der Waals surface area contributed by atoms with Crippen LogP contribution in [0.15, 0.2) is 6.33 Å². The van der Waals surface area contributed by atoms with Gasteiger partial charge in [0.15, 0.2) is 11.2 Å². The Labute approximate surface area is 118 Å². The van der Waals surface area contributed by atoms with Gasteiger partial charge in [-0.1, -0.05) is 20.8 Å². The van der Waals surface area contributed by atoms with Crippen molar-refractivity contribution >= 4 is 22.8 Å². The minimum atomic E-state index is 0.318. The first-order valence-electron chi connectivity index (χ1n) is 6.45. The fourth-order valence-electron chi connectivity index (χ4n) is 2.48. The number of rotatable bonds is 5. The molecular weight excluding hydrogens is 264 g/mol. The van der Waals surface area contributed by atoms with E-state index < -0.39 is 0 Å². The van der Waals surface area contributed by atoms with E-state index in [1.54, 1.807) is 7.11 Å². The molecular formula is C13H19ClN4O. The molecule has 2 aromatic rings. The van der Waals surface area contributed by atoms with Gasteiger partial charge in [0.2, 0.25) is 5.88 Å². The molecule has 0 aromatic carbocycles. The second kappa shape index (κ2) is 5.74. The second-order valence-corrected chi connectivity index (χ2v) is 5.07. The lowest BCUT2D eigenvalue weighted by Gasteiger charge is -2.23. The minimum absolute atomic E-state index is 0.318. The van der Waals surface area contributed by atoms with Gasteiger partial charge in [-0.25, -0.2) is 9.97 Å². The van der Waals surface area contributed by atoms with E-state index in [0.717, 1.165) is 17.9 Å². The third kappa shape index (κ3) is 2.39. The lowest BCUT2D eigenvalue weighted by Crippen LogP contribution is -2.17. The van der Waals surface area contributed by atoms with Gasteiger partial charge in [0.05, 0.1) is 13.0 Å². The van der Waals surface area contributed by atoms with Crippen LogP contribution in [-0.2, 0) is 5.88 Å². The highest BCUT2D eigenvalue weighted by Gasteiger charge is 2.23. The Bertz CT molecular complexity index is 567. The Morgan fingerprint density at radius 3 is 2.63 bits per heavy atom. The van der Waals surface area contributed by atoms with Gasteiger partial charge in [0, 0.05) is 6.04 Å². The van der Waals surface area contributed by atoms with Crippen LogP contribution in [0.4, 0.5) is 0 Å². The number of aromatic nitrogens is 4. The SMILES string of the molecule is CCC(C(C)C)n1c(CCl)nc2c(OC)ncnc21. The molecule has 0 fully saturated rings. The molecule has 6 heteroatoms. The summed E-state index contributed by atoms with van der Waals surface area (Å²) in [5, 5.41) is 0. The van der Waals surface area contributed by atoms with Crippen LogP contribution in [0.3, 0.4) is 0 Å². The summed E-state index contributed by atoms with van der Waals surface area (Å²) in [6.07, 6.45) is 2.50. The summed E-state index contributed by atoms with van der Waals surface area (Å²) in [6.45, 7) is 6.54. The third-order valence-electron chi connectivity index (χ3n) is 3.35. The van der Waals surface area contributed by atoms with Crippen LogP contribution in [-0.4, -0.2) is 26.6 Å². The predicted octanol–water partition coefficient (Wildman–Crippen LogP) is 3.18. The lowest BCUT2D eigenvalue weighted by atomic mass is 10.0. The van der Waals surface area contributed by atoms with E-state index in [-0.39, 0.29) is 0 Å². The van der Waals surface area contributed by atoms with Gasteiger partial charge in [0.25, 0.3) is 0 Å². The van der Waals surface area contributed by atoms with Crippen molar-refractivity contribution in [3.05, 3.63) is 12.2 Å². The Kier molecular flexibility index (Phi) is 4.24. The van der Waals surface area contributed by atoms with E-state index in [4.69, 9.17) is 16.3 Å². The minimum Gasteiger partial charge on any atom is -0.479 e. The van der Waals surface area contributed by atoms with Crippen LogP contribution < -0.4 is 4.74 Å². The van der Waals surface area contributed by atoms with Gasteiger partial charge in [0.1, 0.15) is 12.2 Å². The van der Waals surface area contributed by atoms with Crippen LogP contribution in [0.1, 0.15) is 39.1 Å². The van der Waals surface area contributed by atoms with E-state index >= 15 is 0 Å². The summed E-state index contributed by atoms with van der Waals surface area (Å²) in [6, 6.07) is 0.318. The highest BCUT2D eigenvalue weighted by molar-refractivity contribution is 6.16. The number of methoxy groups -OCH3 is 1. The van der Waals surface area contributed by atoms with Gasteiger partial charge in [-0.05, 0) is 12.3 Å². The molecule has 0 amide bonds. The number of nitrogens with zero attached hydrogens (tertiary/aromatic N) is 4. The standard InChI is InChI=1S/C13H19ClN4O/c1-5-9(8(2)3)18-10(6-14)17-11-12(18)15-7-16-13(11)19-4/h7-9H,5-6H2,1-4H3. The zero-order chi connectivity index (χ0) is 14.0. The molecule has 2 aromatic heterocycles. The van der Waals surface area contributed by atoms with Crippen molar-refractivity contribution in [2.75, 3.05) is 7.11 Å². The van der Waals surface area contributed by atoms with E-state index in [0.29, 0.717) is 29.2 Å². The summed E-state index contributed by atoms with van der Waals surface area (Å²) >= 11 is 6.03. The topological polar surface area (TPSA) is 52.8 Å². The zero-order valence-electron chi connectivity index (χ0n) is 11.7. The van der Waals surface area contributed by atoms with Crippen molar-refractivity contribution in [3.8, 4) is 5.88 Å². The lowest BCUT2D eigenvalue weighted by molar-refractivity contribution is 0.365. The average Bonchev–Trinajstić information content (AvgIpc) is 2.78. The first-order valence-corrected chi connectivity index (χ1v) is 6.99. The summed E-state index contributed by atoms with van der Waals surface area (Å²) in [4.78, 5) is 13.0. The maximum Gasteiger partial charge on any atom is 0.245 e. The Balaban J connectivity index is 2.70. The molecule has 0 bridgehead atoms. The number of fused-ring (bicyclic) bond motifs is 1. The van der Waals surface area contributed by atoms with E-state index in [2.05, 4.69) is 40.3 Å². The first kappa shape index (κ1) is 14.1. The van der Waals surface area contributed by atoms with Crippen LogP contribution in [0, 0.1) is 5.92 Å². The molecule has 0 saturated heterocycles. The molecule has 2 heterocycles. The largest absolute Gasteiger partial charge is 0.479 e. The quantitative estimate of drug-likeness (QED) is 0.791. The Morgan fingerprint density at radius 1 is 1.37 bits per heavy atom. The highest BCUT2D eigenvalue weighted by Crippen LogP contribution is 2.30. The molecule has 1 atom stereocenters. The first-order chi connectivity index (χ1) is 9.13. The Hall–Kier alpha value is -1.36. The number of hydrogen-bond donors (Lipinski definition) is 0. The van der Waals surface area contributed by atoms with Crippen molar-refractivity contribution in [2.45, 2.75) is 39.1 Å². The van der Waals surface area contributed by atoms with Gasteiger partial charge in [-0.2, -0.15) is 4.98 Å². The van der Waals surface area contributed by atoms with Crippen molar-refractivity contribution in [2.24, 2.45) is 5.92 Å². The predicted molar refractivity (Wildman–Crippen MR) is 75.6 cm³/mol. The monoisotopic (exact) mass is 282 g/mol. The molecule has 2 rings (SSSR count). The second-order valence-electron chi connectivity index (χ2n) is 4.81. The van der Waals surface area contributed by atoms with Crippen LogP contribution >= 0.6 is 11.6 Å². The number of imidazole rings is 1. The number of hydrogen-bond acceptors (Lipinski definition) is 4. The number of halogens is 1. The molecule has 19 heavy (non-hydrogen) atoms.